The highest BCUT2D eigenvalue weighted by atomic mass is 32.2. The van der Waals surface area contributed by atoms with Crippen LogP contribution in [0.2, 0.25) is 0 Å². The minimum Gasteiger partial charge on any atom is -0.473 e. The normalized spacial score (nSPS) is 15.9. The van der Waals surface area contributed by atoms with Gasteiger partial charge in [-0.3, -0.25) is 0 Å². The number of fused-ring (bicyclic) bond motifs is 1. The van der Waals surface area contributed by atoms with Crippen molar-refractivity contribution in [2.24, 2.45) is 0 Å². The average molecular weight is 530 g/mol. The second kappa shape index (κ2) is 11.0. The first-order valence-electron chi connectivity index (χ1n) is 11.5. The van der Waals surface area contributed by atoms with Gasteiger partial charge in [-0.15, -0.1) is 23.1 Å². The lowest BCUT2D eigenvalue weighted by atomic mass is 10.1. The van der Waals surface area contributed by atoms with Crippen molar-refractivity contribution in [2.45, 2.75) is 42.6 Å². The third kappa shape index (κ3) is 5.15. The Labute approximate surface area is 216 Å². The van der Waals surface area contributed by atoms with E-state index in [2.05, 4.69) is 24.8 Å². The molecule has 3 aromatic heterocycles. The molecule has 0 spiro atoms. The molecule has 4 heterocycles. The number of ether oxygens (including phenoxy) is 1. The molecular formula is C25H28FN5O3S2. The minimum absolute atomic E-state index is 0. The van der Waals surface area contributed by atoms with Crippen molar-refractivity contribution >= 4 is 39.3 Å². The number of nitrogens with zero attached hydrogens (tertiary/aromatic N) is 5. The quantitative estimate of drug-likeness (QED) is 0.341. The fraction of sp³-hybridized carbons (Fsp3) is 0.360. The molecule has 2 fully saturated rings. The van der Waals surface area contributed by atoms with Gasteiger partial charge in [0.25, 0.3) is 0 Å². The zero-order valence-electron chi connectivity index (χ0n) is 19.8. The van der Waals surface area contributed by atoms with E-state index in [1.165, 1.54) is 47.8 Å². The first-order chi connectivity index (χ1) is 16.7. The van der Waals surface area contributed by atoms with Crippen LogP contribution in [0.25, 0.3) is 21.3 Å². The van der Waals surface area contributed by atoms with E-state index in [0.717, 1.165) is 52.6 Å². The third-order valence-electron chi connectivity index (χ3n) is 6.50. The maximum absolute atomic E-state index is 14.7. The molecule has 190 valence electrons. The Hall–Kier alpha value is -2.86. The Morgan fingerprint density at radius 2 is 1.75 bits per heavy atom. The van der Waals surface area contributed by atoms with E-state index in [1.807, 2.05) is 36.2 Å². The molecule has 0 bridgehead atoms. The molecule has 1 saturated carbocycles. The molecule has 36 heavy (non-hydrogen) atoms. The van der Waals surface area contributed by atoms with Crippen molar-refractivity contribution in [3.8, 4) is 17.0 Å². The molecule has 6 rings (SSSR count). The largest absolute Gasteiger partial charge is 0.473 e. The smallest absolute Gasteiger partial charge is 0.235 e. The van der Waals surface area contributed by atoms with E-state index in [9.17, 15) is 4.39 Å². The standard InChI is InChI=1S/C25H24FN5OS2.2H2O/c1-33-18-4-5-19(21(26)10-18)20-13-34-23-22(20)29-14-30-24(23)32-17-6-8-31(9-7-17)25-27-11-16(12-28-25)15-2-3-15;;/h4-5,10-15,17H,2-3,6-9H2,1H3;2*1H2. The minimum atomic E-state index is -0.243. The van der Waals surface area contributed by atoms with Gasteiger partial charge in [0.15, 0.2) is 0 Å². The molecule has 4 aromatic rings. The van der Waals surface area contributed by atoms with Crippen LogP contribution in [0.3, 0.4) is 0 Å². The fourth-order valence-corrected chi connectivity index (χ4v) is 5.77. The third-order valence-corrected chi connectivity index (χ3v) is 8.18. The number of aromatic nitrogens is 4. The fourth-order valence-electron chi connectivity index (χ4n) is 4.40. The first kappa shape index (κ1) is 26.2. The summed E-state index contributed by atoms with van der Waals surface area (Å²) >= 11 is 3.02. The molecule has 0 unspecified atom stereocenters. The number of hydrogen-bond donors (Lipinski definition) is 0. The van der Waals surface area contributed by atoms with Crippen LogP contribution in [-0.4, -0.2) is 56.3 Å². The Balaban J connectivity index is 0.00000152. The van der Waals surface area contributed by atoms with E-state index < -0.39 is 0 Å². The summed E-state index contributed by atoms with van der Waals surface area (Å²) in [5.74, 6) is 1.80. The molecular weight excluding hydrogens is 501 g/mol. The molecule has 0 radical (unpaired) electrons. The second-order valence-electron chi connectivity index (χ2n) is 8.75. The number of rotatable bonds is 6. The number of thiophene rings is 1. The van der Waals surface area contributed by atoms with Crippen LogP contribution in [-0.2, 0) is 0 Å². The van der Waals surface area contributed by atoms with Crippen LogP contribution in [0.15, 0.2) is 47.2 Å². The number of piperidine rings is 1. The van der Waals surface area contributed by atoms with Gasteiger partial charge in [0.05, 0.1) is 5.52 Å². The topological polar surface area (TPSA) is 127 Å². The average Bonchev–Trinajstić information content (AvgIpc) is 3.64. The van der Waals surface area contributed by atoms with Gasteiger partial charge in [0.1, 0.15) is 22.9 Å². The summed E-state index contributed by atoms with van der Waals surface area (Å²) in [5.41, 5.74) is 3.31. The molecule has 8 nitrogen and oxygen atoms in total. The Kier molecular flexibility index (Phi) is 8.04. The number of anilines is 1. The van der Waals surface area contributed by atoms with Gasteiger partial charge in [0.2, 0.25) is 11.8 Å². The zero-order valence-corrected chi connectivity index (χ0v) is 21.4. The Morgan fingerprint density at radius 1 is 1.00 bits per heavy atom. The highest BCUT2D eigenvalue weighted by Crippen LogP contribution is 2.40. The summed E-state index contributed by atoms with van der Waals surface area (Å²) in [5, 5.41) is 1.94. The van der Waals surface area contributed by atoms with Gasteiger partial charge in [-0.05, 0) is 42.7 Å². The van der Waals surface area contributed by atoms with Crippen LogP contribution in [0.5, 0.6) is 5.88 Å². The second-order valence-corrected chi connectivity index (χ2v) is 10.5. The molecule has 1 aliphatic carbocycles. The van der Waals surface area contributed by atoms with Crippen molar-refractivity contribution in [3.05, 3.63) is 53.7 Å². The van der Waals surface area contributed by atoms with Gasteiger partial charge >= 0.3 is 0 Å². The van der Waals surface area contributed by atoms with Crippen molar-refractivity contribution in [3.63, 3.8) is 0 Å². The van der Waals surface area contributed by atoms with Gasteiger partial charge < -0.3 is 20.6 Å². The lowest BCUT2D eigenvalue weighted by Crippen LogP contribution is -2.39. The van der Waals surface area contributed by atoms with E-state index >= 15 is 0 Å². The first-order valence-corrected chi connectivity index (χ1v) is 13.6. The van der Waals surface area contributed by atoms with Crippen molar-refractivity contribution in [2.75, 3.05) is 24.2 Å². The zero-order chi connectivity index (χ0) is 23.1. The molecule has 0 atom stereocenters. The van der Waals surface area contributed by atoms with E-state index in [1.54, 1.807) is 6.07 Å². The summed E-state index contributed by atoms with van der Waals surface area (Å²) in [4.78, 5) is 21.2. The van der Waals surface area contributed by atoms with E-state index in [4.69, 9.17) is 4.74 Å². The van der Waals surface area contributed by atoms with Gasteiger partial charge in [0, 0.05) is 59.7 Å². The molecule has 11 heteroatoms. The lowest BCUT2D eigenvalue weighted by molar-refractivity contribution is 0.166. The van der Waals surface area contributed by atoms with E-state index in [-0.39, 0.29) is 22.9 Å². The molecule has 0 amide bonds. The van der Waals surface area contributed by atoms with Crippen LogP contribution in [0.1, 0.15) is 37.2 Å². The summed E-state index contributed by atoms with van der Waals surface area (Å²) in [6.07, 6.45) is 11.7. The summed E-state index contributed by atoms with van der Waals surface area (Å²) in [7, 11) is 0. The Bertz CT molecular complexity index is 1330. The van der Waals surface area contributed by atoms with Crippen LogP contribution in [0.4, 0.5) is 10.3 Å². The van der Waals surface area contributed by atoms with Crippen LogP contribution in [0, 0.1) is 5.82 Å². The van der Waals surface area contributed by atoms with Crippen LogP contribution >= 0.6 is 23.1 Å². The number of halogens is 1. The summed E-state index contributed by atoms with van der Waals surface area (Å²) in [6, 6.07) is 5.32. The lowest BCUT2D eigenvalue weighted by Gasteiger charge is -2.31. The van der Waals surface area contributed by atoms with Crippen molar-refractivity contribution in [1.29, 1.82) is 0 Å². The van der Waals surface area contributed by atoms with Gasteiger partial charge in [-0.25, -0.2) is 24.3 Å². The predicted octanol–water partition coefficient (Wildman–Crippen LogP) is 4.29. The van der Waals surface area contributed by atoms with Gasteiger partial charge in [-0.2, -0.15) is 0 Å². The molecule has 2 aliphatic rings. The predicted molar refractivity (Wildman–Crippen MR) is 142 cm³/mol. The Morgan fingerprint density at radius 3 is 2.42 bits per heavy atom. The maximum Gasteiger partial charge on any atom is 0.235 e. The molecule has 1 aromatic carbocycles. The number of thioether (sulfide) groups is 1. The van der Waals surface area contributed by atoms with Gasteiger partial charge in [-0.1, -0.05) is 6.07 Å². The van der Waals surface area contributed by atoms with Crippen molar-refractivity contribution in [1.82, 2.24) is 19.9 Å². The molecule has 1 saturated heterocycles. The summed E-state index contributed by atoms with van der Waals surface area (Å²) in [6.45, 7) is 1.68. The maximum atomic E-state index is 14.7. The summed E-state index contributed by atoms with van der Waals surface area (Å²) < 4.78 is 21.9. The van der Waals surface area contributed by atoms with Crippen molar-refractivity contribution < 1.29 is 20.1 Å². The van der Waals surface area contributed by atoms with E-state index in [0.29, 0.717) is 17.4 Å². The number of hydrogen-bond acceptors (Lipinski definition) is 8. The molecule has 4 N–H and O–H groups in total. The highest BCUT2D eigenvalue weighted by Gasteiger charge is 2.26. The SMILES string of the molecule is CSc1ccc(-c2csc3c(OC4CCN(c5ncc(C6CC6)cn5)CC4)ncnc23)c(F)c1.O.O. The number of benzene rings is 1. The monoisotopic (exact) mass is 529 g/mol. The molecule has 1 aliphatic heterocycles. The van der Waals surface area contributed by atoms with Crippen LogP contribution < -0.4 is 9.64 Å². The highest BCUT2D eigenvalue weighted by molar-refractivity contribution is 7.98.